The number of benzene rings is 1. The van der Waals surface area contributed by atoms with Gasteiger partial charge in [-0.05, 0) is 37.8 Å². The van der Waals surface area contributed by atoms with Gasteiger partial charge in [0.2, 0.25) is 10.9 Å². The molecular formula is C18H18F2N4O2S. The number of carbonyl (C=O) groups is 2. The van der Waals surface area contributed by atoms with Gasteiger partial charge in [-0.1, -0.05) is 11.3 Å². The second-order valence-electron chi connectivity index (χ2n) is 6.90. The molecule has 1 aliphatic carbocycles. The quantitative estimate of drug-likeness (QED) is 0.867. The highest BCUT2D eigenvalue weighted by atomic mass is 32.1. The van der Waals surface area contributed by atoms with Gasteiger partial charge in [-0.25, -0.2) is 8.78 Å². The lowest BCUT2D eigenvalue weighted by Crippen LogP contribution is -2.38. The highest BCUT2D eigenvalue weighted by molar-refractivity contribution is 7.13. The average Bonchev–Trinajstić information content (AvgIpc) is 3.40. The number of aromatic nitrogens is 2. The largest absolute Gasteiger partial charge is 0.342 e. The summed E-state index contributed by atoms with van der Waals surface area (Å²) in [6, 6.07) is 2.94. The lowest BCUT2D eigenvalue weighted by Gasteiger charge is -2.31. The fourth-order valence-electron chi connectivity index (χ4n) is 3.19. The highest BCUT2D eigenvalue weighted by Crippen LogP contribution is 2.35. The first-order valence-corrected chi connectivity index (χ1v) is 9.71. The normalized spacial score (nSPS) is 17.8. The molecule has 1 saturated carbocycles. The van der Waals surface area contributed by atoms with Gasteiger partial charge in [-0.3, -0.25) is 9.59 Å². The van der Waals surface area contributed by atoms with Crippen LogP contribution in [0.25, 0.3) is 0 Å². The number of halogens is 2. The molecule has 2 aliphatic rings. The fraction of sp³-hybridized carbons (Fsp3) is 0.444. The first-order valence-electron chi connectivity index (χ1n) is 8.90. The van der Waals surface area contributed by atoms with Crippen LogP contribution >= 0.6 is 11.3 Å². The van der Waals surface area contributed by atoms with Crippen LogP contribution in [-0.4, -0.2) is 40.0 Å². The molecule has 1 saturated heterocycles. The summed E-state index contributed by atoms with van der Waals surface area (Å²) in [5.41, 5.74) is -0.106. The second kappa shape index (κ2) is 7.30. The van der Waals surface area contributed by atoms with Crippen molar-refractivity contribution in [3.63, 3.8) is 0 Å². The van der Waals surface area contributed by atoms with E-state index in [4.69, 9.17) is 0 Å². The number of nitrogens with zero attached hydrogens (tertiary/aromatic N) is 3. The number of anilines is 1. The summed E-state index contributed by atoms with van der Waals surface area (Å²) in [5.74, 6) is -1.49. The third-order valence-corrected chi connectivity index (χ3v) is 5.98. The molecule has 1 aliphatic heterocycles. The van der Waals surface area contributed by atoms with Crippen molar-refractivity contribution in [3.05, 3.63) is 39.8 Å². The van der Waals surface area contributed by atoms with E-state index in [2.05, 4.69) is 15.5 Å². The van der Waals surface area contributed by atoms with Crippen LogP contribution < -0.4 is 5.32 Å². The molecule has 142 valence electrons. The van der Waals surface area contributed by atoms with Crippen molar-refractivity contribution in [2.24, 2.45) is 5.92 Å². The van der Waals surface area contributed by atoms with Crippen molar-refractivity contribution in [2.75, 3.05) is 18.4 Å². The Labute approximate surface area is 158 Å². The van der Waals surface area contributed by atoms with E-state index in [1.165, 1.54) is 11.3 Å². The Morgan fingerprint density at radius 2 is 1.85 bits per heavy atom. The zero-order chi connectivity index (χ0) is 19.0. The number of carbonyl (C=O) groups excluding carboxylic acids is 2. The first kappa shape index (κ1) is 18.0. The number of hydrogen-bond donors (Lipinski definition) is 1. The third-order valence-electron chi connectivity index (χ3n) is 4.90. The van der Waals surface area contributed by atoms with Crippen molar-refractivity contribution in [1.82, 2.24) is 15.1 Å². The van der Waals surface area contributed by atoms with E-state index < -0.39 is 17.5 Å². The lowest BCUT2D eigenvalue weighted by molar-refractivity contribution is -0.133. The molecule has 2 heterocycles. The van der Waals surface area contributed by atoms with Crippen molar-refractivity contribution >= 4 is 28.8 Å². The van der Waals surface area contributed by atoms with E-state index in [0.29, 0.717) is 19.2 Å². The van der Waals surface area contributed by atoms with E-state index in [1.807, 2.05) is 4.90 Å². The summed E-state index contributed by atoms with van der Waals surface area (Å²) in [5, 5.41) is 11.3. The van der Waals surface area contributed by atoms with Crippen LogP contribution in [0.1, 0.15) is 46.4 Å². The van der Waals surface area contributed by atoms with Crippen molar-refractivity contribution in [2.45, 2.75) is 31.6 Å². The molecule has 6 nitrogen and oxygen atoms in total. The van der Waals surface area contributed by atoms with Crippen molar-refractivity contribution < 1.29 is 18.4 Å². The van der Waals surface area contributed by atoms with E-state index in [-0.39, 0.29) is 28.4 Å². The molecule has 4 rings (SSSR count). The Kier molecular flexibility index (Phi) is 4.86. The lowest BCUT2D eigenvalue weighted by atomic mass is 9.97. The summed E-state index contributed by atoms with van der Waals surface area (Å²) in [6.07, 6.45) is 3.59. The van der Waals surface area contributed by atoms with Gasteiger partial charge in [-0.2, -0.15) is 0 Å². The Bertz CT molecular complexity index is 876. The van der Waals surface area contributed by atoms with Gasteiger partial charge >= 0.3 is 0 Å². The SMILES string of the molecule is O=C(Nc1ccc(F)cc1F)c1nnc(C2CCN(C(=O)C3CC3)CC2)s1. The molecule has 0 spiro atoms. The zero-order valence-electron chi connectivity index (χ0n) is 14.5. The van der Waals surface area contributed by atoms with Crippen LogP contribution in [-0.2, 0) is 4.79 Å². The Balaban J connectivity index is 1.37. The van der Waals surface area contributed by atoms with Gasteiger partial charge in [0, 0.05) is 31.0 Å². The molecule has 9 heteroatoms. The topological polar surface area (TPSA) is 75.2 Å². The molecule has 2 aromatic rings. The third kappa shape index (κ3) is 3.97. The van der Waals surface area contributed by atoms with Gasteiger partial charge in [0.05, 0.1) is 5.69 Å². The Morgan fingerprint density at radius 1 is 1.11 bits per heavy atom. The summed E-state index contributed by atoms with van der Waals surface area (Å²) in [7, 11) is 0. The average molecular weight is 392 g/mol. The van der Waals surface area contributed by atoms with Gasteiger partial charge in [0.25, 0.3) is 5.91 Å². The van der Waals surface area contributed by atoms with Crippen LogP contribution in [0.5, 0.6) is 0 Å². The molecule has 1 N–H and O–H groups in total. The number of likely N-dealkylation sites (tertiary alicyclic amines) is 1. The molecule has 2 fully saturated rings. The second-order valence-corrected chi connectivity index (χ2v) is 7.91. The molecule has 0 atom stereocenters. The summed E-state index contributed by atoms with van der Waals surface area (Å²) < 4.78 is 26.6. The smallest absolute Gasteiger partial charge is 0.286 e. The van der Waals surface area contributed by atoms with Crippen LogP contribution in [0.2, 0.25) is 0 Å². The highest BCUT2D eigenvalue weighted by Gasteiger charge is 2.35. The number of hydrogen-bond acceptors (Lipinski definition) is 5. The minimum absolute atomic E-state index is 0.106. The van der Waals surface area contributed by atoms with Crippen molar-refractivity contribution in [1.29, 1.82) is 0 Å². The Hall–Kier alpha value is -2.42. The molecule has 0 radical (unpaired) electrons. The summed E-state index contributed by atoms with van der Waals surface area (Å²) in [6.45, 7) is 1.39. The van der Waals surface area contributed by atoms with Crippen LogP contribution in [0.15, 0.2) is 18.2 Å². The monoisotopic (exact) mass is 392 g/mol. The van der Waals surface area contributed by atoms with Gasteiger partial charge in [-0.15, -0.1) is 10.2 Å². The maximum absolute atomic E-state index is 13.7. The van der Waals surface area contributed by atoms with Gasteiger partial charge < -0.3 is 10.2 Å². The maximum Gasteiger partial charge on any atom is 0.286 e. The van der Waals surface area contributed by atoms with Crippen LogP contribution in [0.3, 0.4) is 0 Å². The molecule has 0 unspecified atom stereocenters. The Morgan fingerprint density at radius 3 is 2.52 bits per heavy atom. The molecular weight excluding hydrogens is 374 g/mol. The van der Waals surface area contributed by atoms with Gasteiger partial charge in [0.15, 0.2) is 0 Å². The summed E-state index contributed by atoms with van der Waals surface area (Å²) >= 11 is 1.17. The van der Waals surface area contributed by atoms with E-state index in [1.54, 1.807) is 0 Å². The first-order chi connectivity index (χ1) is 13.0. The number of rotatable bonds is 4. The molecule has 2 amide bonds. The van der Waals surface area contributed by atoms with E-state index >= 15 is 0 Å². The fourth-order valence-corrected chi connectivity index (χ4v) is 4.10. The molecule has 1 aromatic heterocycles. The minimum atomic E-state index is -0.846. The van der Waals surface area contributed by atoms with Crippen molar-refractivity contribution in [3.8, 4) is 0 Å². The minimum Gasteiger partial charge on any atom is -0.342 e. The summed E-state index contributed by atoms with van der Waals surface area (Å²) in [4.78, 5) is 26.3. The van der Waals surface area contributed by atoms with Crippen LogP contribution in [0, 0.1) is 17.6 Å². The maximum atomic E-state index is 13.7. The molecule has 0 bridgehead atoms. The standard InChI is InChI=1S/C18H18F2N4O2S/c19-12-3-4-14(13(20)9-12)21-15(25)17-23-22-16(27-17)10-5-7-24(8-6-10)18(26)11-1-2-11/h3-4,9-11H,1-2,5-8H2,(H,21,25). The van der Waals surface area contributed by atoms with E-state index in [0.717, 1.165) is 42.8 Å². The van der Waals surface area contributed by atoms with Crippen LogP contribution in [0.4, 0.5) is 14.5 Å². The predicted octanol–water partition coefficient (Wildman–Crippen LogP) is 3.18. The van der Waals surface area contributed by atoms with E-state index in [9.17, 15) is 18.4 Å². The zero-order valence-corrected chi connectivity index (χ0v) is 15.3. The number of piperidine rings is 1. The van der Waals surface area contributed by atoms with Gasteiger partial charge in [0.1, 0.15) is 16.6 Å². The number of amides is 2. The molecule has 27 heavy (non-hydrogen) atoms. The number of nitrogens with one attached hydrogen (secondary N) is 1. The predicted molar refractivity (Wildman–Crippen MR) is 95.5 cm³/mol. The molecule has 1 aromatic carbocycles.